The van der Waals surface area contributed by atoms with Crippen LogP contribution < -0.4 is 0 Å². The van der Waals surface area contributed by atoms with Gasteiger partial charge in [0.25, 0.3) is 0 Å². The van der Waals surface area contributed by atoms with Gasteiger partial charge in [-0.25, -0.2) is 0 Å². The lowest BCUT2D eigenvalue weighted by atomic mass is 9.86. The van der Waals surface area contributed by atoms with Crippen LogP contribution in [0.5, 0.6) is 0 Å². The number of nitrogens with zero attached hydrogens (tertiary/aromatic N) is 1. The van der Waals surface area contributed by atoms with Crippen molar-refractivity contribution in [2.24, 2.45) is 5.92 Å². The summed E-state index contributed by atoms with van der Waals surface area (Å²) in [4.78, 5) is 14.7. The summed E-state index contributed by atoms with van der Waals surface area (Å²) < 4.78 is 0. The van der Waals surface area contributed by atoms with E-state index in [1.807, 2.05) is 0 Å². The van der Waals surface area contributed by atoms with Gasteiger partial charge in [0.1, 0.15) is 5.78 Å². The second-order valence-electron chi connectivity index (χ2n) is 6.01. The van der Waals surface area contributed by atoms with Crippen LogP contribution >= 0.6 is 0 Å². The second kappa shape index (κ2) is 5.34. The highest BCUT2D eigenvalue weighted by Crippen LogP contribution is 2.38. The van der Waals surface area contributed by atoms with Crippen LogP contribution in [-0.2, 0) is 4.79 Å². The van der Waals surface area contributed by atoms with Gasteiger partial charge in [-0.15, -0.1) is 0 Å². The molecule has 2 rings (SSSR count). The van der Waals surface area contributed by atoms with Crippen LogP contribution in [-0.4, -0.2) is 29.8 Å². The van der Waals surface area contributed by atoms with Crippen molar-refractivity contribution in [1.82, 2.24) is 4.90 Å². The number of hydrogen-bond donors (Lipinski definition) is 0. The van der Waals surface area contributed by atoms with E-state index in [-0.39, 0.29) is 0 Å². The standard InChI is InChI=1S/C15H25NO/c1-11(2)5-4-6-15(17)12-9-13-7-8-14(10-12)16(13)3/h5,12-14H,4,6-10H2,1-3H3. The topological polar surface area (TPSA) is 20.3 Å². The molecule has 2 nitrogen and oxygen atoms in total. The van der Waals surface area contributed by atoms with E-state index in [2.05, 4.69) is 31.9 Å². The van der Waals surface area contributed by atoms with Crippen molar-refractivity contribution in [1.29, 1.82) is 0 Å². The van der Waals surface area contributed by atoms with Gasteiger partial charge in [0.15, 0.2) is 0 Å². The Bertz CT molecular complexity index is 303. The SMILES string of the molecule is CC(C)=CCCC(=O)C1CC2CCC(C1)N2C. The van der Waals surface area contributed by atoms with Crippen LogP contribution in [0.3, 0.4) is 0 Å². The summed E-state index contributed by atoms with van der Waals surface area (Å²) in [6.45, 7) is 4.19. The van der Waals surface area contributed by atoms with Gasteiger partial charge < -0.3 is 4.90 Å². The van der Waals surface area contributed by atoms with Gasteiger partial charge in [-0.2, -0.15) is 0 Å². The number of carbonyl (C=O) groups is 1. The van der Waals surface area contributed by atoms with E-state index in [4.69, 9.17) is 0 Å². The van der Waals surface area contributed by atoms with E-state index in [0.717, 1.165) is 25.7 Å². The fourth-order valence-corrected chi connectivity index (χ4v) is 3.38. The van der Waals surface area contributed by atoms with Crippen LogP contribution in [0.15, 0.2) is 11.6 Å². The zero-order valence-electron chi connectivity index (χ0n) is 11.4. The first-order valence-electron chi connectivity index (χ1n) is 6.96. The van der Waals surface area contributed by atoms with Gasteiger partial charge in [0.05, 0.1) is 0 Å². The molecule has 2 aliphatic heterocycles. The van der Waals surface area contributed by atoms with Gasteiger partial charge in [-0.05, 0) is 53.0 Å². The number of ketones is 1. The summed E-state index contributed by atoms with van der Waals surface area (Å²) in [5.41, 5.74) is 1.32. The van der Waals surface area contributed by atoms with Crippen molar-refractivity contribution in [2.45, 2.75) is 64.5 Å². The summed E-state index contributed by atoms with van der Waals surface area (Å²) in [5, 5.41) is 0. The summed E-state index contributed by atoms with van der Waals surface area (Å²) in [5.74, 6) is 0.863. The first-order valence-corrected chi connectivity index (χ1v) is 6.96. The third-order valence-electron chi connectivity index (χ3n) is 4.50. The van der Waals surface area contributed by atoms with Gasteiger partial charge in [-0.3, -0.25) is 4.79 Å². The molecule has 0 saturated carbocycles. The molecule has 2 unspecified atom stereocenters. The number of hydrogen-bond acceptors (Lipinski definition) is 2. The van der Waals surface area contributed by atoms with Gasteiger partial charge in [0, 0.05) is 24.4 Å². The number of piperidine rings is 1. The third kappa shape index (κ3) is 2.98. The van der Waals surface area contributed by atoms with E-state index in [9.17, 15) is 4.79 Å². The molecule has 2 heteroatoms. The minimum atomic E-state index is 0.356. The molecule has 2 fully saturated rings. The van der Waals surface area contributed by atoms with Crippen molar-refractivity contribution in [3.05, 3.63) is 11.6 Å². The summed E-state index contributed by atoms with van der Waals surface area (Å²) in [6.07, 6.45) is 8.70. The Morgan fingerprint density at radius 1 is 1.24 bits per heavy atom. The lowest BCUT2D eigenvalue weighted by Crippen LogP contribution is -2.42. The molecule has 2 heterocycles. The Labute approximate surface area is 105 Å². The van der Waals surface area contributed by atoms with Crippen molar-refractivity contribution in [3.63, 3.8) is 0 Å². The van der Waals surface area contributed by atoms with Crippen molar-refractivity contribution in [2.75, 3.05) is 7.05 Å². The van der Waals surface area contributed by atoms with Crippen molar-refractivity contribution < 1.29 is 4.79 Å². The third-order valence-corrected chi connectivity index (χ3v) is 4.50. The first-order chi connectivity index (χ1) is 8.08. The van der Waals surface area contributed by atoms with Crippen LogP contribution in [0.25, 0.3) is 0 Å². The number of fused-ring (bicyclic) bond motifs is 2. The van der Waals surface area contributed by atoms with E-state index in [1.54, 1.807) is 0 Å². The van der Waals surface area contributed by atoms with E-state index in [0.29, 0.717) is 23.8 Å². The molecule has 17 heavy (non-hydrogen) atoms. The summed E-state index contributed by atoms with van der Waals surface area (Å²) >= 11 is 0. The number of allylic oxidation sites excluding steroid dienone is 2. The Balaban J connectivity index is 1.83. The highest BCUT2D eigenvalue weighted by atomic mass is 16.1. The zero-order chi connectivity index (χ0) is 12.4. The lowest BCUT2D eigenvalue weighted by molar-refractivity contribution is -0.125. The molecule has 2 aliphatic rings. The van der Waals surface area contributed by atoms with Crippen molar-refractivity contribution >= 4 is 5.78 Å². The zero-order valence-corrected chi connectivity index (χ0v) is 11.4. The van der Waals surface area contributed by atoms with Crippen LogP contribution in [0, 0.1) is 5.92 Å². The van der Waals surface area contributed by atoms with Crippen LogP contribution in [0.2, 0.25) is 0 Å². The molecule has 0 aromatic rings. The molecular weight excluding hydrogens is 210 g/mol. The number of rotatable bonds is 4. The molecule has 0 radical (unpaired) electrons. The molecule has 2 bridgehead atoms. The van der Waals surface area contributed by atoms with Crippen molar-refractivity contribution in [3.8, 4) is 0 Å². The predicted molar refractivity (Wildman–Crippen MR) is 71.0 cm³/mol. The quantitative estimate of drug-likeness (QED) is 0.698. The maximum Gasteiger partial charge on any atom is 0.136 e. The average Bonchev–Trinajstić information content (AvgIpc) is 2.52. The second-order valence-corrected chi connectivity index (χ2v) is 6.01. The van der Waals surface area contributed by atoms with Crippen LogP contribution in [0.1, 0.15) is 52.4 Å². The van der Waals surface area contributed by atoms with E-state index in [1.165, 1.54) is 18.4 Å². The normalized spacial score (nSPS) is 32.5. The molecule has 0 amide bonds. The Morgan fingerprint density at radius 3 is 2.35 bits per heavy atom. The molecule has 0 aliphatic carbocycles. The maximum absolute atomic E-state index is 12.2. The minimum absolute atomic E-state index is 0.356. The number of Topliss-reactive ketones (excluding diaryl/α,β-unsaturated/α-hetero) is 1. The Morgan fingerprint density at radius 2 is 1.82 bits per heavy atom. The molecule has 96 valence electrons. The van der Waals surface area contributed by atoms with Gasteiger partial charge in [-0.1, -0.05) is 11.6 Å². The smallest absolute Gasteiger partial charge is 0.136 e. The molecular formula is C15H25NO. The number of carbonyl (C=O) groups excluding carboxylic acids is 1. The molecule has 0 spiro atoms. The average molecular weight is 235 g/mol. The molecule has 0 N–H and O–H groups in total. The lowest BCUT2D eigenvalue weighted by Gasteiger charge is -2.35. The van der Waals surface area contributed by atoms with E-state index >= 15 is 0 Å². The predicted octanol–water partition coefficient (Wildman–Crippen LogP) is 3.17. The monoisotopic (exact) mass is 235 g/mol. The Kier molecular flexibility index (Phi) is 4.03. The summed E-state index contributed by atoms with van der Waals surface area (Å²) in [6, 6.07) is 1.37. The minimum Gasteiger partial charge on any atom is -0.300 e. The highest BCUT2D eigenvalue weighted by molar-refractivity contribution is 5.81. The van der Waals surface area contributed by atoms with E-state index < -0.39 is 0 Å². The first kappa shape index (κ1) is 12.8. The molecule has 2 atom stereocenters. The Hall–Kier alpha value is -0.630. The van der Waals surface area contributed by atoms with Gasteiger partial charge in [0.2, 0.25) is 0 Å². The largest absolute Gasteiger partial charge is 0.300 e. The fourth-order valence-electron chi connectivity index (χ4n) is 3.38. The maximum atomic E-state index is 12.2. The van der Waals surface area contributed by atoms with Gasteiger partial charge >= 0.3 is 0 Å². The highest BCUT2D eigenvalue weighted by Gasteiger charge is 2.40. The molecule has 0 aromatic heterocycles. The molecule has 2 saturated heterocycles. The summed E-state index contributed by atoms with van der Waals surface area (Å²) in [7, 11) is 2.23. The van der Waals surface area contributed by atoms with Crippen LogP contribution in [0.4, 0.5) is 0 Å². The molecule has 0 aromatic carbocycles. The fraction of sp³-hybridized carbons (Fsp3) is 0.800.